The lowest BCUT2D eigenvalue weighted by molar-refractivity contribution is 0.0287. The lowest BCUT2D eigenvalue weighted by atomic mass is 10.4. The normalized spacial score (nSPS) is 10.5. The van der Waals surface area contributed by atoms with E-state index in [1.165, 1.54) is 0 Å². The van der Waals surface area contributed by atoms with Gasteiger partial charge in [0.2, 0.25) is 0 Å². The molecular formula is C8H17NO3. The van der Waals surface area contributed by atoms with Crippen molar-refractivity contribution in [1.82, 2.24) is 5.32 Å². The van der Waals surface area contributed by atoms with E-state index in [0.29, 0.717) is 6.04 Å². The standard InChI is InChI=1S/C8H17NO3/c1-6(2)9-5-11-8(10)12-7(3)4/h6-7,9H,5H2,1-4H3. The third-order valence-corrected chi connectivity index (χ3v) is 1.01. The maximum atomic E-state index is 10.8. The van der Waals surface area contributed by atoms with Gasteiger partial charge in [0.05, 0.1) is 6.10 Å². The van der Waals surface area contributed by atoms with E-state index in [9.17, 15) is 4.79 Å². The number of hydrogen-bond donors (Lipinski definition) is 1. The Morgan fingerprint density at radius 3 is 2.33 bits per heavy atom. The van der Waals surface area contributed by atoms with Gasteiger partial charge in [-0.1, -0.05) is 0 Å². The summed E-state index contributed by atoms with van der Waals surface area (Å²) in [7, 11) is 0. The van der Waals surface area contributed by atoms with E-state index >= 15 is 0 Å². The summed E-state index contributed by atoms with van der Waals surface area (Å²) in [5.74, 6) is 0. The van der Waals surface area contributed by atoms with Crippen molar-refractivity contribution in [2.45, 2.75) is 39.8 Å². The van der Waals surface area contributed by atoms with Crippen molar-refractivity contribution < 1.29 is 14.3 Å². The Bertz CT molecular complexity index is 134. The molecule has 0 unspecified atom stereocenters. The largest absolute Gasteiger partial charge is 0.509 e. The van der Waals surface area contributed by atoms with E-state index in [1.54, 1.807) is 13.8 Å². The van der Waals surface area contributed by atoms with Crippen LogP contribution >= 0.6 is 0 Å². The summed E-state index contributed by atoms with van der Waals surface area (Å²) in [5.41, 5.74) is 0. The van der Waals surface area contributed by atoms with Crippen LogP contribution in [-0.4, -0.2) is 25.0 Å². The fraction of sp³-hybridized carbons (Fsp3) is 0.875. The zero-order valence-corrected chi connectivity index (χ0v) is 8.09. The van der Waals surface area contributed by atoms with Gasteiger partial charge in [-0.05, 0) is 27.7 Å². The molecule has 0 aliphatic heterocycles. The minimum absolute atomic E-state index is 0.128. The molecule has 4 heteroatoms. The van der Waals surface area contributed by atoms with Gasteiger partial charge in [0.15, 0.2) is 0 Å². The molecule has 0 fully saturated rings. The van der Waals surface area contributed by atoms with E-state index in [-0.39, 0.29) is 12.8 Å². The van der Waals surface area contributed by atoms with Crippen molar-refractivity contribution in [2.24, 2.45) is 0 Å². The summed E-state index contributed by atoms with van der Waals surface area (Å²) >= 11 is 0. The number of ether oxygens (including phenoxy) is 2. The fourth-order valence-electron chi connectivity index (χ4n) is 0.494. The van der Waals surface area contributed by atoms with Crippen LogP contribution in [0.1, 0.15) is 27.7 Å². The van der Waals surface area contributed by atoms with Gasteiger partial charge in [0.1, 0.15) is 6.73 Å². The molecule has 0 radical (unpaired) electrons. The van der Waals surface area contributed by atoms with E-state index in [2.05, 4.69) is 5.32 Å². The van der Waals surface area contributed by atoms with Gasteiger partial charge in [0.25, 0.3) is 0 Å². The molecule has 12 heavy (non-hydrogen) atoms. The van der Waals surface area contributed by atoms with Crippen molar-refractivity contribution in [2.75, 3.05) is 6.73 Å². The first-order valence-corrected chi connectivity index (χ1v) is 4.09. The molecule has 0 aromatic heterocycles. The first-order valence-electron chi connectivity index (χ1n) is 4.09. The van der Waals surface area contributed by atoms with Gasteiger partial charge >= 0.3 is 6.16 Å². The Hall–Kier alpha value is -0.770. The van der Waals surface area contributed by atoms with Crippen LogP contribution in [0.2, 0.25) is 0 Å². The maximum Gasteiger partial charge on any atom is 0.509 e. The molecule has 0 aromatic carbocycles. The van der Waals surface area contributed by atoms with E-state index < -0.39 is 6.16 Å². The van der Waals surface area contributed by atoms with Crippen LogP contribution in [-0.2, 0) is 9.47 Å². The summed E-state index contributed by atoms with van der Waals surface area (Å²) < 4.78 is 9.42. The molecule has 0 heterocycles. The molecule has 0 aliphatic rings. The van der Waals surface area contributed by atoms with Gasteiger partial charge in [-0.3, -0.25) is 5.32 Å². The van der Waals surface area contributed by atoms with Crippen LogP contribution in [0.15, 0.2) is 0 Å². The molecule has 72 valence electrons. The lowest BCUT2D eigenvalue weighted by Gasteiger charge is -2.10. The number of carbonyl (C=O) groups excluding carboxylic acids is 1. The van der Waals surface area contributed by atoms with Crippen molar-refractivity contribution in [3.05, 3.63) is 0 Å². The van der Waals surface area contributed by atoms with Crippen LogP contribution in [0.25, 0.3) is 0 Å². The Balaban J connectivity index is 3.32. The quantitative estimate of drug-likeness (QED) is 0.519. The summed E-state index contributed by atoms with van der Waals surface area (Å²) in [6, 6.07) is 0.303. The second kappa shape index (κ2) is 5.83. The van der Waals surface area contributed by atoms with Gasteiger partial charge in [-0.2, -0.15) is 0 Å². The van der Waals surface area contributed by atoms with Crippen molar-refractivity contribution in [1.29, 1.82) is 0 Å². The Kier molecular flexibility index (Phi) is 5.45. The molecule has 0 rings (SSSR count). The predicted molar refractivity (Wildman–Crippen MR) is 45.8 cm³/mol. The maximum absolute atomic E-state index is 10.8. The highest BCUT2D eigenvalue weighted by atomic mass is 16.7. The van der Waals surface area contributed by atoms with E-state index in [0.717, 1.165) is 0 Å². The molecule has 0 amide bonds. The minimum Gasteiger partial charge on any atom is -0.432 e. The highest BCUT2D eigenvalue weighted by Crippen LogP contribution is 1.91. The molecule has 0 spiro atoms. The third kappa shape index (κ3) is 7.34. The number of nitrogens with one attached hydrogen (secondary N) is 1. The molecule has 0 saturated heterocycles. The average Bonchev–Trinajstić information content (AvgIpc) is 1.84. The second-order valence-corrected chi connectivity index (χ2v) is 3.06. The predicted octanol–water partition coefficient (Wildman–Crippen LogP) is 1.50. The Morgan fingerprint density at radius 2 is 1.92 bits per heavy atom. The lowest BCUT2D eigenvalue weighted by Crippen LogP contribution is -2.28. The monoisotopic (exact) mass is 175 g/mol. The van der Waals surface area contributed by atoms with Crippen LogP contribution in [0.4, 0.5) is 4.79 Å². The average molecular weight is 175 g/mol. The van der Waals surface area contributed by atoms with Crippen LogP contribution in [0.3, 0.4) is 0 Å². The minimum atomic E-state index is -0.627. The molecule has 0 aliphatic carbocycles. The molecule has 0 saturated carbocycles. The molecular weight excluding hydrogens is 158 g/mol. The number of carbonyl (C=O) groups is 1. The molecule has 1 N–H and O–H groups in total. The SMILES string of the molecule is CC(C)NCOC(=O)OC(C)C. The van der Waals surface area contributed by atoms with Crippen LogP contribution in [0.5, 0.6) is 0 Å². The Morgan fingerprint density at radius 1 is 1.33 bits per heavy atom. The van der Waals surface area contributed by atoms with Crippen LogP contribution < -0.4 is 5.32 Å². The summed E-state index contributed by atoms with van der Waals surface area (Å²) in [6.07, 6.45) is -0.755. The fourth-order valence-corrected chi connectivity index (χ4v) is 0.494. The highest BCUT2D eigenvalue weighted by Gasteiger charge is 2.05. The molecule has 0 aromatic rings. The van der Waals surface area contributed by atoms with E-state index in [1.807, 2.05) is 13.8 Å². The number of rotatable bonds is 4. The first-order chi connectivity index (χ1) is 5.52. The third-order valence-electron chi connectivity index (χ3n) is 1.01. The Labute approximate surface area is 73.2 Å². The molecule has 0 atom stereocenters. The highest BCUT2D eigenvalue weighted by molar-refractivity contribution is 5.59. The first kappa shape index (κ1) is 11.2. The van der Waals surface area contributed by atoms with Crippen molar-refractivity contribution in [3.8, 4) is 0 Å². The van der Waals surface area contributed by atoms with Gasteiger partial charge in [-0.15, -0.1) is 0 Å². The summed E-state index contributed by atoms with van der Waals surface area (Å²) in [5, 5.41) is 2.93. The van der Waals surface area contributed by atoms with Gasteiger partial charge < -0.3 is 9.47 Å². The van der Waals surface area contributed by atoms with Crippen LogP contribution in [0, 0.1) is 0 Å². The second-order valence-electron chi connectivity index (χ2n) is 3.06. The summed E-state index contributed by atoms with van der Waals surface area (Å²) in [6.45, 7) is 7.69. The number of hydrogen-bond acceptors (Lipinski definition) is 4. The zero-order valence-electron chi connectivity index (χ0n) is 8.09. The van der Waals surface area contributed by atoms with E-state index in [4.69, 9.17) is 9.47 Å². The molecule has 4 nitrogen and oxygen atoms in total. The summed E-state index contributed by atoms with van der Waals surface area (Å²) in [4.78, 5) is 10.8. The topological polar surface area (TPSA) is 47.6 Å². The van der Waals surface area contributed by atoms with Gasteiger partial charge in [0, 0.05) is 6.04 Å². The van der Waals surface area contributed by atoms with Gasteiger partial charge in [-0.25, -0.2) is 4.79 Å². The zero-order chi connectivity index (χ0) is 9.56. The smallest absolute Gasteiger partial charge is 0.432 e. The van der Waals surface area contributed by atoms with Crippen molar-refractivity contribution in [3.63, 3.8) is 0 Å². The molecule has 0 bridgehead atoms. The van der Waals surface area contributed by atoms with Crippen molar-refractivity contribution >= 4 is 6.16 Å².